The summed E-state index contributed by atoms with van der Waals surface area (Å²) in [6.07, 6.45) is 1.87. The minimum atomic E-state index is -0.0849. The SMILES string of the molecule is CSc1c(C)nc2cc(-c3ccccc3Cl)[nH]n2c1=O. The molecule has 3 aromatic rings. The van der Waals surface area contributed by atoms with Gasteiger partial charge in [-0.05, 0) is 19.2 Å². The van der Waals surface area contributed by atoms with E-state index in [1.807, 2.05) is 43.5 Å². The van der Waals surface area contributed by atoms with E-state index in [4.69, 9.17) is 11.6 Å². The van der Waals surface area contributed by atoms with Gasteiger partial charge in [0, 0.05) is 16.7 Å². The van der Waals surface area contributed by atoms with Gasteiger partial charge in [-0.2, -0.15) is 0 Å². The summed E-state index contributed by atoms with van der Waals surface area (Å²) in [7, 11) is 0. The zero-order valence-electron chi connectivity index (χ0n) is 11.0. The van der Waals surface area contributed by atoms with E-state index in [1.54, 1.807) is 0 Å². The summed E-state index contributed by atoms with van der Waals surface area (Å²) in [4.78, 5) is 17.4. The molecule has 20 heavy (non-hydrogen) atoms. The number of H-pyrrole nitrogens is 1. The number of hydrogen-bond donors (Lipinski definition) is 1. The average Bonchev–Trinajstić information content (AvgIpc) is 2.83. The Morgan fingerprint density at radius 3 is 2.80 bits per heavy atom. The first-order valence-corrected chi connectivity index (χ1v) is 7.63. The van der Waals surface area contributed by atoms with Crippen molar-refractivity contribution in [2.24, 2.45) is 0 Å². The van der Waals surface area contributed by atoms with Crippen molar-refractivity contribution in [2.45, 2.75) is 11.8 Å². The fraction of sp³-hybridized carbons (Fsp3) is 0.143. The summed E-state index contributed by atoms with van der Waals surface area (Å²) in [5, 5.41) is 3.70. The number of fused-ring (bicyclic) bond motifs is 1. The van der Waals surface area contributed by atoms with E-state index in [2.05, 4.69) is 10.1 Å². The number of hydrogen-bond acceptors (Lipinski definition) is 3. The largest absolute Gasteiger partial charge is 0.289 e. The molecule has 3 rings (SSSR count). The smallest absolute Gasteiger partial charge is 0.286 e. The second-order valence-electron chi connectivity index (χ2n) is 4.38. The van der Waals surface area contributed by atoms with Crippen LogP contribution in [0.15, 0.2) is 40.0 Å². The second kappa shape index (κ2) is 5.00. The van der Waals surface area contributed by atoms with Gasteiger partial charge in [0.05, 0.1) is 16.3 Å². The van der Waals surface area contributed by atoms with E-state index >= 15 is 0 Å². The Bertz CT molecular complexity index is 853. The summed E-state index contributed by atoms with van der Waals surface area (Å²) in [5.74, 6) is 0. The van der Waals surface area contributed by atoms with Crippen molar-refractivity contribution in [3.63, 3.8) is 0 Å². The molecule has 2 aromatic heterocycles. The van der Waals surface area contributed by atoms with E-state index in [0.717, 1.165) is 17.0 Å². The molecule has 0 aliphatic rings. The van der Waals surface area contributed by atoms with Crippen molar-refractivity contribution >= 4 is 29.0 Å². The molecule has 0 spiro atoms. The predicted octanol–water partition coefficient (Wildman–Crippen LogP) is 3.37. The van der Waals surface area contributed by atoms with Crippen molar-refractivity contribution in [1.29, 1.82) is 0 Å². The Morgan fingerprint density at radius 1 is 1.35 bits per heavy atom. The topological polar surface area (TPSA) is 50.2 Å². The summed E-state index contributed by atoms with van der Waals surface area (Å²) >= 11 is 7.59. The van der Waals surface area contributed by atoms with Crippen LogP contribution in [0.4, 0.5) is 0 Å². The lowest BCUT2D eigenvalue weighted by Crippen LogP contribution is -2.18. The number of thioether (sulfide) groups is 1. The Morgan fingerprint density at radius 2 is 2.10 bits per heavy atom. The summed E-state index contributed by atoms with van der Waals surface area (Å²) in [6.45, 7) is 1.84. The highest BCUT2D eigenvalue weighted by Gasteiger charge is 2.13. The van der Waals surface area contributed by atoms with E-state index in [1.165, 1.54) is 16.3 Å². The highest BCUT2D eigenvalue weighted by atomic mass is 35.5. The first-order valence-electron chi connectivity index (χ1n) is 6.03. The minimum absolute atomic E-state index is 0.0849. The van der Waals surface area contributed by atoms with Crippen LogP contribution in [-0.4, -0.2) is 20.9 Å². The van der Waals surface area contributed by atoms with Crippen LogP contribution in [0.1, 0.15) is 5.69 Å². The Kier molecular flexibility index (Phi) is 3.31. The summed E-state index contributed by atoms with van der Waals surface area (Å²) in [5.41, 5.74) is 2.88. The van der Waals surface area contributed by atoms with E-state index in [-0.39, 0.29) is 5.56 Å². The normalized spacial score (nSPS) is 11.2. The quantitative estimate of drug-likeness (QED) is 0.739. The van der Waals surface area contributed by atoms with Crippen molar-refractivity contribution < 1.29 is 0 Å². The molecule has 0 bridgehead atoms. The van der Waals surface area contributed by atoms with Gasteiger partial charge in [0.25, 0.3) is 5.56 Å². The van der Waals surface area contributed by atoms with Gasteiger partial charge in [0.1, 0.15) is 0 Å². The van der Waals surface area contributed by atoms with Gasteiger partial charge >= 0.3 is 0 Å². The fourth-order valence-electron chi connectivity index (χ4n) is 2.17. The Hall–Kier alpha value is -1.72. The van der Waals surface area contributed by atoms with Crippen LogP contribution in [-0.2, 0) is 0 Å². The number of aromatic nitrogens is 3. The number of benzene rings is 1. The standard InChI is InChI=1S/C14H12ClN3OS/c1-8-13(20-2)14(19)18-12(16-8)7-11(17-18)9-5-3-4-6-10(9)15/h3-7,17H,1-2H3. The molecule has 0 fully saturated rings. The van der Waals surface area contributed by atoms with Crippen LogP contribution in [0.3, 0.4) is 0 Å². The molecule has 0 unspecified atom stereocenters. The third kappa shape index (κ3) is 2.03. The molecule has 0 aliphatic heterocycles. The molecule has 1 N–H and O–H groups in total. The number of halogens is 1. The van der Waals surface area contributed by atoms with Crippen molar-refractivity contribution in [2.75, 3.05) is 6.26 Å². The number of aryl methyl sites for hydroxylation is 1. The molecule has 4 nitrogen and oxygen atoms in total. The number of nitrogens with one attached hydrogen (secondary N) is 1. The maximum Gasteiger partial charge on any atom is 0.286 e. The molecule has 6 heteroatoms. The maximum atomic E-state index is 12.3. The maximum absolute atomic E-state index is 12.3. The van der Waals surface area contributed by atoms with Crippen LogP contribution in [0.2, 0.25) is 5.02 Å². The lowest BCUT2D eigenvalue weighted by atomic mass is 10.1. The molecular formula is C14H12ClN3OS. The first-order chi connectivity index (χ1) is 9.61. The average molecular weight is 306 g/mol. The summed E-state index contributed by atoms with van der Waals surface area (Å²) in [6, 6.07) is 9.33. The first kappa shape index (κ1) is 13.3. The lowest BCUT2D eigenvalue weighted by Gasteiger charge is -2.01. The second-order valence-corrected chi connectivity index (χ2v) is 5.60. The van der Waals surface area contributed by atoms with Crippen LogP contribution >= 0.6 is 23.4 Å². The molecule has 0 saturated heterocycles. The van der Waals surface area contributed by atoms with Crippen LogP contribution in [0.25, 0.3) is 16.9 Å². The monoisotopic (exact) mass is 305 g/mol. The van der Waals surface area contributed by atoms with Gasteiger partial charge in [-0.1, -0.05) is 29.8 Å². The molecular weight excluding hydrogens is 294 g/mol. The molecule has 0 aliphatic carbocycles. The highest BCUT2D eigenvalue weighted by Crippen LogP contribution is 2.27. The van der Waals surface area contributed by atoms with E-state index in [9.17, 15) is 4.79 Å². The number of rotatable bonds is 2. The third-order valence-corrected chi connectivity index (χ3v) is 4.32. The zero-order chi connectivity index (χ0) is 14.3. The minimum Gasteiger partial charge on any atom is -0.289 e. The van der Waals surface area contributed by atoms with Gasteiger partial charge in [-0.25, -0.2) is 9.50 Å². The lowest BCUT2D eigenvalue weighted by molar-refractivity contribution is 0.854. The molecule has 102 valence electrons. The van der Waals surface area contributed by atoms with Gasteiger partial charge in [0.2, 0.25) is 0 Å². The van der Waals surface area contributed by atoms with Crippen LogP contribution in [0, 0.1) is 6.92 Å². The molecule has 2 heterocycles. The molecule has 0 amide bonds. The number of aromatic amines is 1. The van der Waals surface area contributed by atoms with Gasteiger partial charge in [0.15, 0.2) is 5.65 Å². The van der Waals surface area contributed by atoms with Gasteiger partial charge in [-0.3, -0.25) is 9.89 Å². The van der Waals surface area contributed by atoms with Crippen LogP contribution < -0.4 is 5.56 Å². The molecule has 0 saturated carbocycles. The number of nitrogens with zero attached hydrogens (tertiary/aromatic N) is 2. The van der Waals surface area contributed by atoms with E-state index < -0.39 is 0 Å². The summed E-state index contributed by atoms with van der Waals surface area (Å²) < 4.78 is 1.46. The van der Waals surface area contributed by atoms with Crippen LogP contribution in [0.5, 0.6) is 0 Å². The van der Waals surface area contributed by atoms with Crippen molar-refractivity contribution in [3.05, 3.63) is 51.4 Å². The highest BCUT2D eigenvalue weighted by molar-refractivity contribution is 7.98. The Labute approximate surface area is 124 Å². The van der Waals surface area contributed by atoms with Gasteiger partial charge in [-0.15, -0.1) is 11.8 Å². The third-order valence-electron chi connectivity index (χ3n) is 3.11. The molecule has 0 atom stereocenters. The fourth-order valence-corrected chi connectivity index (χ4v) is 3.02. The van der Waals surface area contributed by atoms with Crippen molar-refractivity contribution in [1.82, 2.24) is 14.6 Å². The molecule has 1 aromatic carbocycles. The van der Waals surface area contributed by atoms with Gasteiger partial charge < -0.3 is 0 Å². The predicted molar refractivity (Wildman–Crippen MR) is 82.8 cm³/mol. The van der Waals surface area contributed by atoms with E-state index in [0.29, 0.717) is 15.6 Å². The molecule has 0 radical (unpaired) electrons. The van der Waals surface area contributed by atoms with Crippen molar-refractivity contribution in [3.8, 4) is 11.3 Å². The zero-order valence-corrected chi connectivity index (χ0v) is 12.5. The Balaban J connectivity index is 2.29.